The summed E-state index contributed by atoms with van der Waals surface area (Å²) in [6, 6.07) is 14.4. The number of carboxylic acids is 1. The Morgan fingerprint density at radius 2 is 1.65 bits per heavy atom. The fourth-order valence-corrected chi connectivity index (χ4v) is 5.81. The Balaban J connectivity index is 2.39. The summed E-state index contributed by atoms with van der Waals surface area (Å²) in [5.74, 6) is -2.57. The Hall–Kier alpha value is -3.74. The van der Waals surface area contributed by atoms with E-state index in [4.69, 9.17) is 4.74 Å². The molecule has 2 atom stereocenters. The number of carbonyl (C=O) groups excluding carboxylic acids is 1. The molecule has 2 aromatic carbocycles. The molecule has 0 saturated carbocycles. The standard InChI is InChI=1S/C33H41FN2O4/c1-6-8-9-13-20-33(7-2,28(30(37)38)32(3,4)5)29(36-22-21-35-23-36)27(24-14-11-10-12-15-24)40-31(39)25-16-18-26(34)19-17-25/h10-12,14-19,21-23,28H,6-9,13,20H2,1-5H3,(H,37,38). The van der Waals surface area contributed by atoms with Crippen molar-refractivity contribution in [3.63, 3.8) is 0 Å². The molecule has 3 rings (SSSR count). The molecule has 0 fully saturated rings. The molecular formula is C33H41FN2O4. The minimum atomic E-state index is -0.924. The first kappa shape index (κ1) is 30.8. The summed E-state index contributed by atoms with van der Waals surface area (Å²) in [6.45, 7) is 9.98. The number of rotatable bonds is 13. The number of benzene rings is 2. The second-order valence-electron chi connectivity index (χ2n) is 11.4. The molecule has 0 aliphatic heterocycles. The first-order valence-corrected chi connectivity index (χ1v) is 14.0. The lowest BCUT2D eigenvalue weighted by Crippen LogP contribution is -2.46. The van der Waals surface area contributed by atoms with Crippen molar-refractivity contribution < 1.29 is 23.8 Å². The average Bonchev–Trinajstić information content (AvgIpc) is 3.44. The molecule has 0 spiro atoms. The smallest absolute Gasteiger partial charge is 0.343 e. The first-order chi connectivity index (χ1) is 19.0. The minimum absolute atomic E-state index is 0.190. The first-order valence-electron chi connectivity index (χ1n) is 14.0. The molecule has 0 aliphatic rings. The number of carbonyl (C=O) groups is 2. The number of ether oxygens (including phenoxy) is 1. The van der Waals surface area contributed by atoms with Gasteiger partial charge in [0.15, 0.2) is 5.76 Å². The lowest BCUT2D eigenvalue weighted by molar-refractivity contribution is -0.151. The Kier molecular flexibility index (Phi) is 10.4. The highest BCUT2D eigenvalue weighted by Crippen LogP contribution is 2.55. The quantitative estimate of drug-likeness (QED) is 0.132. The van der Waals surface area contributed by atoms with Gasteiger partial charge in [0.25, 0.3) is 0 Å². The lowest BCUT2D eigenvalue weighted by atomic mass is 9.58. The number of imidazole rings is 1. The van der Waals surface area contributed by atoms with E-state index in [0.29, 0.717) is 24.1 Å². The number of hydrogen-bond donors (Lipinski definition) is 1. The van der Waals surface area contributed by atoms with E-state index in [1.807, 2.05) is 58.0 Å². The number of allylic oxidation sites excluding steroid dienone is 1. The van der Waals surface area contributed by atoms with Crippen molar-refractivity contribution >= 4 is 23.4 Å². The molecule has 6 nitrogen and oxygen atoms in total. The van der Waals surface area contributed by atoms with Gasteiger partial charge in [0.05, 0.1) is 23.5 Å². The van der Waals surface area contributed by atoms with Gasteiger partial charge in [0, 0.05) is 23.4 Å². The fraction of sp³-hybridized carbons (Fsp3) is 0.424. The zero-order chi connectivity index (χ0) is 29.3. The lowest BCUT2D eigenvalue weighted by Gasteiger charge is -2.46. The Bertz CT molecular complexity index is 1280. The number of halogens is 1. The molecule has 1 N–H and O–H groups in total. The van der Waals surface area contributed by atoms with Crippen LogP contribution >= 0.6 is 0 Å². The van der Waals surface area contributed by atoms with Crippen LogP contribution in [0.3, 0.4) is 0 Å². The number of unbranched alkanes of at least 4 members (excludes halogenated alkanes) is 3. The van der Waals surface area contributed by atoms with Crippen LogP contribution in [0.4, 0.5) is 4.39 Å². The van der Waals surface area contributed by atoms with Crippen molar-refractivity contribution in [1.29, 1.82) is 0 Å². The summed E-state index contributed by atoms with van der Waals surface area (Å²) in [7, 11) is 0. The monoisotopic (exact) mass is 548 g/mol. The molecule has 40 heavy (non-hydrogen) atoms. The third-order valence-electron chi connectivity index (χ3n) is 7.53. The van der Waals surface area contributed by atoms with Crippen LogP contribution in [0.5, 0.6) is 0 Å². The molecule has 0 bridgehead atoms. The summed E-state index contributed by atoms with van der Waals surface area (Å²) in [6.07, 6.45) is 9.97. The third-order valence-corrected chi connectivity index (χ3v) is 7.53. The number of hydrogen-bond acceptors (Lipinski definition) is 4. The van der Waals surface area contributed by atoms with Gasteiger partial charge >= 0.3 is 11.9 Å². The van der Waals surface area contributed by atoms with Crippen molar-refractivity contribution in [2.45, 2.75) is 73.1 Å². The van der Waals surface area contributed by atoms with Gasteiger partial charge in [-0.15, -0.1) is 0 Å². The van der Waals surface area contributed by atoms with Crippen molar-refractivity contribution in [3.05, 3.63) is 90.3 Å². The van der Waals surface area contributed by atoms with E-state index in [1.54, 1.807) is 23.3 Å². The average molecular weight is 549 g/mol. The molecule has 1 heterocycles. The predicted octanol–water partition coefficient (Wildman–Crippen LogP) is 8.32. The highest BCUT2D eigenvalue weighted by molar-refractivity contribution is 5.97. The zero-order valence-electron chi connectivity index (χ0n) is 24.2. The fourth-order valence-electron chi connectivity index (χ4n) is 5.81. The van der Waals surface area contributed by atoms with Gasteiger partial charge in [-0.3, -0.25) is 4.79 Å². The second kappa shape index (κ2) is 13.6. The van der Waals surface area contributed by atoms with E-state index >= 15 is 0 Å². The molecule has 1 aromatic heterocycles. The zero-order valence-corrected chi connectivity index (χ0v) is 24.2. The van der Waals surface area contributed by atoms with E-state index in [1.165, 1.54) is 24.3 Å². The third kappa shape index (κ3) is 7.06. The normalized spacial score (nSPS) is 14.7. The highest BCUT2D eigenvalue weighted by atomic mass is 19.1. The number of esters is 1. The van der Waals surface area contributed by atoms with Crippen molar-refractivity contribution in [1.82, 2.24) is 9.55 Å². The van der Waals surface area contributed by atoms with Gasteiger partial charge < -0.3 is 14.4 Å². The maximum Gasteiger partial charge on any atom is 0.343 e. The molecule has 0 aliphatic carbocycles. The summed E-state index contributed by atoms with van der Waals surface area (Å²) >= 11 is 0. The van der Waals surface area contributed by atoms with Crippen LogP contribution in [-0.4, -0.2) is 26.6 Å². The number of aliphatic carboxylic acids is 1. The van der Waals surface area contributed by atoms with Crippen LogP contribution in [-0.2, 0) is 9.53 Å². The second-order valence-corrected chi connectivity index (χ2v) is 11.4. The van der Waals surface area contributed by atoms with Gasteiger partial charge in [0.1, 0.15) is 5.82 Å². The van der Waals surface area contributed by atoms with Gasteiger partial charge in [-0.25, -0.2) is 14.2 Å². The number of nitrogens with zero attached hydrogens (tertiary/aromatic N) is 2. The van der Waals surface area contributed by atoms with Gasteiger partial charge in [0.2, 0.25) is 0 Å². The molecule has 214 valence electrons. The van der Waals surface area contributed by atoms with E-state index in [0.717, 1.165) is 25.7 Å². The van der Waals surface area contributed by atoms with Crippen LogP contribution in [0.1, 0.15) is 89.1 Å². The summed E-state index contributed by atoms with van der Waals surface area (Å²) < 4.78 is 21.6. The van der Waals surface area contributed by atoms with Crippen molar-refractivity contribution in [2.75, 3.05) is 0 Å². The van der Waals surface area contributed by atoms with E-state index in [2.05, 4.69) is 11.9 Å². The largest absolute Gasteiger partial charge is 0.481 e. The van der Waals surface area contributed by atoms with Gasteiger partial charge in [-0.05, 0) is 42.5 Å². The number of aromatic nitrogens is 2. The number of carboxylic acid groups (broad SMARTS) is 1. The SMILES string of the molecule is CCCCCCC(CC)(C(=C(OC(=O)c1ccc(F)cc1)c1ccccc1)n1ccnc1)C(C(=O)O)C(C)(C)C. The van der Waals surface area contributed by atoms with Crippen LogP contribution in [0.2, 0.25) is 0 Å². The van der Waals surface area contributed by atoms with Crippen LogP contribution in [0.15, 0.2) is 73.3 Å². The Morgan fingerprint density at radius 1 is 0.975 bits per heavy atom. The topological polar surface area (TPSA) is 81.4 Å². The van der Waals surface area contributed by atoms with Crippen LogP contribution < -0.4 is 0 Å². The van der Waals surface area contributed by atoms with Crippen LogP contribution in [0.25, 0.3) is 11.5 Å². The summed E-state index contributed by atoms with van der Waals surface area (Å²) in [5, 5.41) is 10.8. The Morgan fingerprint density at radius 3 is 2.17 bits per heavy atom. The molecule has 7 heteroatoms. The molecule has 0 saturated heterocycles. The predicted molar refractivity (Wildman–Crippen MR) is 156 cm³/mol. The molecule has 3 aromatic rings. The van der Waals surface area contributed by atoms with Crippen LogP contribution in [0, 0.1) is 22.6 Å². The highest BCUT2D eigenvalue weighted by Gasteiger charge is 2.52. The molecule has 0 radical (unpaired) electrons. The Labute approximate surface area is 236 Å². The van der Waals surface area contributed by atoms with Gasteiger partial charge in [-0.1, -0.05) is 90.6 Å². The van der Waals surface area contributed by atoms with E-state index in [9.17, 15) is 19.1 Å². The summed E-state index contributed by atoms with van der Waals surface area (Å²) in [4.78, 5) is 31.0. The van der Waals surface area contributed by atoms with Gasteiger partial charge in [-0.2, -0.15) is 0 Å². The maximum atomic E-state index is 13.6. The minimum Gasteiger partial charge on any atom is -0.481 e. The molecule has 0 amide bonds. The molecule has 2 unspecified atom stereocenters. The maximum absolute atomic E-state index is 13.6. The van der Waals surface area contributed by atoms with E-state index < -0.39 is 34.5 Å². The van der Waals surface area contributed by atoms with Crippen molar-refractivity contribution in [3.8, 4) is 0 Å². The van der Waals surface area contributed by atoms with E-state index in [-0.39, 0.29) is 11.3 Å². The molecular weight excluding hydrogens is 507 g/mol. The van der Waals surface area contributed by atoms with Crippen molar-refractivity contribution in [2.24, 2.45) is 16.7 Å². The summed E-state index contributed by atoms with van der Waals surface area (Å²) in [5.41, 5.74) is -0.150.